The SMILES string of the molecule is OC(CCC1CCCCC1)(c1ccccc1)c1ccccc1. The van der Waals surface area contributed by atoms with E-state index in [0.717, 1.165) is 29.9 Å². The molecule has 0 aromatic heterocycles. The Hall–Kier alpha value is -1.60. The molecule has 0 spiro atoms. The number of benzene rings is 2. The van der Waals surface area contributed by atoms with Crippen molar-refractivity contribution >= 4 is 0 Å². The van der Waals surface area contributed by atoms with Crippen LogP contribution < -0.4 is 0 Å². The maximum Gasteiger partial charge on any atom is 0.115 e. The quantitative estimate of drug-likeness (QED) is 0.795. The van der Waals surface area contributed by atoms with Crippen molar-refractivity contribution in [2.45, 2.75) is 50.5 Å². The Kier molecular flexibility index (Phi) is 4.94. The van der Waals surface area contributed by atoms with Crippen molar-refractivity contribution in [2.24, 2.45) is 5.92 Å². The Labute approximate surface area is 134 Å². The van der Waals surface area contributed by atoms with E-state index in [9.17, 15) is 5.11 Å². The summed E-state index contributed by atoms with van der Waals surface area (Å²) < 4.78 is 0. The van der Waals surface area contributed by atoms with Gasteiger partial charge in [0.25, 0.3) is 0 Å². The van der Waals surface area contributed by atoms with Crippen molar-refractivity contribution in [1.82, 2.24) is 0 Å². The van der Waals surface area contributed by atoms with E-state index in [0.29, 0.717) is 0 Å². The molecule has 0 aliphatic heterocycles. The molecule has 1 nitrogen and oxygen atoms in total. The largest absolute Gasteiger partial charge is 0.380 e. The van der Waals surface area contributed by atoms with Gasteiger partial charge in [-0.15, -0.1) is 0 Å². The van der Waals surface area contributed by atoms with Crippen molar-refractivity contribution in [2.75, 3.05) is 0 Å². The first-order valence-electron chi connectivity index (χ1n) is 8.62. The molecule has 0 bridgehead atoms. The number of rotatable bonds is 5. The minimum absolute atomic E-state index is 0.785. The smallest absolute Gasteiger partial charge is 0.115 e. The topological polar surface area (TPSA) is 20.2 Å². The lowest BCUT2D eigenvalue weighted by atomic mass is 9.78. The third kappa shape index (κ3) is 3.41. The molecule has 3 rings (SSSR count). The molecule has 1 N–H and O–H groups in total. The van der Waals surface area contributed by atoms with Gasteiger partial charge in [0.15, 0.2) is 0 Å². The van der Waals surface area contributed by atoms with Crippen LogP contribution in [0.4, 0.5) is 0 Å². The van der Waals surface area contributed by atoms with E-state index in [2.05, 4.69) is 0 Å². The van der Waals surface area contributed by atoms with E-state index in [1.807, 2.05) is 60.7 Å². The summed E-state index contributed by atoms with van der Waals surface area (Å²) in [6.07, 6.45) is 8.70. The standard InChI is InChI=1S/C21H26O/c22-21(19-12-6-2-7-13-19,20-14-8-3-9-15-20)17-16-18-10-4-1-5-11-18/h2-3,6-9,12-15,18,22H,1,4-5,10-11,16-17H2. The van der Waals surface area contributed by atoms with Crippen molar-refractivity contribution < 1.29 is 5.11 Å². The second kappa shape index (κ2) is 7.11. The fraction of sp³-hybridized carbons (Fsp3) is 0.429. The summed E-state index contributed by atoms with van der Waals surface area (Å²) in [7, 11) is 0. The van der Waals surface area contributed by atoms with Crippen LogP contribution in [-0.2, 0) is 5.60 Å². The molecule has 1 heteroatoms. The van der Waals surface area contributed by atoms with E-state index < -0.39 is 5.60 Å². The minimum Gasteiger partial charge on any atom is -0.380 e. The van der Waals surface area contributed by atoms with Crippen molar-refractivity contribution in [3.8, 4) is 0 Å². The maximum absolute atomic E-state index is 11.5. The molecule has 0 radical (unpaired) electrons. The van der Waals surface area contributed by atoms with Crippen LogP contribution in [0.5, 0.6) is 0 Å². The van der Waals surface area contributed by atoms with Crippen molar-refractivity contribution in [3.63, 3.8) is 0 Å². The van der Waals surface area contributed by atoms with Crippen LogP contribution in [0.25, 0.3) is 0 Å². The highest BCUT2D eigenvalue weighted by Crippen LogP contribution is 2.37. The molecule has 2 aromatic carbocycles. The Balaban J connectivity index is 1.83. The molecule has 2 aromatic rings. The minimum atomic E-state index is -0.861. The summed E-state index contributed by atoms with van der Waals surface area (Å²) in [6.45, 7) is 0. The van der Waals surface area contributed by atoms with Crippen molar-refractivity contribution in [1.29, 1.82) is 0 Å². The average Bonchev–Trinajstić information content (AvgIpc) is 2.62. The van der Waals surface area contributed by atoms with Gasteiger partial charge in [-0.3, -0.25) is 0 Å². The van der Waals surface area contributed by atoms with Gasteiger partial charge in [0.05, 0.1) is 0 Å². The Morgan fingerprint density at radius 3 is 1.77 bits per heavy atom. The number of aliphatic hydroxyl groups is 1. The highest BCUT2D eigenvalue weighted by molar-refractivity contribution is 5.35. The first-order valence-corrected chi connectivity index (χ1v) is 8.62. The summed E-state index contributed by atoms with van der Waals surface area (Å²) in [4.78, 5) is 0. The van der Waals surface area contributed by atoms with Crippen LogP contribution in [0.1, 0.15) is 56.1 Å². The molecule has 1 fully saturated rings. The first-order chi connectivity index (χ1) is 10.8. The summed E-state index contributed by atoms with van der Waals surface area (Å²) >= 11 is 0. The Morgan fingerprint density at radius 2 is 1.27 bits per heavy atom. The Bertz CT molecular complexity index is 515. The van der Waals surface area contributed by atoms with E-state index in [-0.39, 0.29) is 0 Å². The molecular weight excluding hydrogens is 268 g/mol. The van der Waals surface area contributed by atoms with Gasteiger partial charge in [0, 0.05) is 0 Å². The number of hydrogen-bond donors (Lipinski definition) is 1. The predicted octanol–water partition coefficient (Wildman–Crippen LogP) is 5.28. The van der Waals surface area contributed by atoms with Crippen LogP contribution in [0, 0.1) is 5.92 Å². The second-order valence-electron chi connectivity index (χ2n) is 6.64. The van der Waals surface area contributed by atoms with Gasteiger partial charge < -0.3 is 5.11 Å². The van der Waals surface area contributed by atoms with Gasteiger partial charge in [-0.1, -0.05) is 92.8 Å². The highest BCUT2D eigenvalue weighted by atomic mass is 16.3. The Morgan fingerprint density at radius 1 is 0.773 bits per heavy atom. The van der Waals surface area contributed by atoms with Gasteiger partial charge >= 0.3 is 0 Å². The monoisotopic (exact) mass is 294 g/mol. The van der Waals surface area contributed by atoms with Gasteiger partial charge in [-0.05, 0) is 29.9 Å². The van der Waals surface area contributed by atoms with E-state index >= 15 is 0 Å². The molecule has 0 atom stereocenters. The molecule has 1 saturated carbocycles. The molecule has 116 valence electrons. The second-order valence-corrected chi connectivity index (χ2v) is 6.64. The number of hydrogen-bond acceptors (Lipinski definition) is 1. The molecule has 0 saturated heterocycles. The zero-order chi connectivity index (χ0) is 15.3. The summed E-state index contributed by atoms with van der Waals surface area (Å²) in [5.74, 6) is 0.785. The van der Waals surface area contributed by atoms with Gasteiger partial charge in [-0.25, -0.2) is 0 Å². The highest BCUT2D eigenvalue weighted by Gasteiger charge is 2.32. The first kappa shape index (κ1) is 15.3. The lowest BCUT2D eigenvalue weighted by molar-refractivity contribution is 0.0609. The van der Waals surface area contributed by atoms with E-state index in [1.165, 1.54) is 32.1 Å². The normalized spacial score (nSPS) is 16.6. The van der Waals surface area contributed by atoms with E-state index in [4.69, 9.17) is 0 Å². The van der Waals surface area contributed by atoms with Gasteiger partial charge in [0.2, 0.25) is 0 Å². The molecule has 0 unspecified atom stereocenters. The predicted molar refractivity (Wildman–Crippen MR) is 91.7 cm³/mol. The summed E-state index contributed by atoms with van der Waals surface area (Å²) in [5.41, 5.74) is 1.16. The van der Waals surface area contributed by atoms with Gasteiger partial charge in [0.1, 0.15) is 5.60 Å². The maximum atomic E-state index is 11.5. The van der Waals surface area contributed by atoms with Crippen molar-refractivity contribution in [3.05, 3.63) is 71.8 Å². The molecule has 0 amide bonds. The van der Waals surface area contributed by atoms with Gasteiger partial charge in [-0.2, -0.15) is 0 Å². The lowest BCUT2D eigenvalue weighted by Crippen LogP contribution is -2.28. The summed E-state index contributed by atoms with van der Waals surface area (Å²) in [6, 6.07) is 20.3. The molecule has 0 heterocycles. The molecule has 1 aliphatic rings. The fourth-order valence-electron chi connectivity index (χ4n) is 3.77. The van der Waals surface area contributed by atoms with Crippen LogP contribution in [0.2, 0.25) is 0 Å². The molecule has 1 aliphatic carbocycles. The van der Waals surface area contributed by atoms with Crippen LogP contribution in [-0.4, -0.2) is 5.11 Å². The molecular formula is C21H26O. The zero-order valence-corrected chi connectivity index (χ0v) is 13.2. The summed E-state index contributed by atoms with van der Waals surface area (Å²) in [5, 5.41) is 11.5. The fourth-order valence-corrected chi connectivity index (χ4v) is 3.77. The molecule has 22 heavy (non-hydrogen) atoms. The van der Waals surface area contributed by atoms with E-state index in [1.54, 1.807) is 0 Å². The van der Waals surface area contributed by atoms with Crippen LogP contribution in [0.15, 0.2) is 60.7 Å². The zero-order valence-electron chi connectivity index (χ0n) is 13.2. The average molecular weight is 294 g/mol. The third-order valence-electron chi connectivity index (χ3n) is 5.14. The van der Waals surface area contributed by atoms with Crippen LogP contribution >= 0.6 is 0 Å². The third-order valence-corrected chi connectivity index (χ3v) is 5.14. The van der Waals surface area contributed by atoms with Crippen LogP contribution in [0.3, 0.4) is 0 Å². The lowest BCUT2D eigenvalue weighted by Gasteiger charge is -2.32.